The lowest BCUT2D eigenvalue weighted by molar-refractivity contribution is -0.151. The van der Waals surface area contributed by atoms with E-state index in [9.17, 15) is 4.79 Å². The van der Waals surface area contributed by atoms with Gasteiger partial charge in [-0.25, -0.2) is 0 Å². The summed E-state index contributed by atoms with van der Waals surface area (Å²) in [6, 6.07) is 2.23. The molecule has 1 aromatic rings. The van der Waals surface area contributed by atoms with Crippen LogP contribution in [0.3, 0.4) is 0 Å². The molecule has 2 aliphatic heterocycles. The number of nitrogens with zero attached hydrogens (tertiary/aromatic N) is 1. The first kappa shape index (κ1) is 16.0. The number of piperidine rings is 1. The Morgan fingerprint density at radius 1 is 1.45 bits per heavy atom. The Kier molecular flexibility index (Phi) is 4.32. The highest BCUT2D eigenvalue weighted by molar-refractivity contribution is 7.10. The van der Waals surface area contributed by atoms with E-state index in [0.717, 1.165) is 39.0 Å². The number of likely N-dealkylation sites (tertiary alicyclic amines) is 1. The molecule has 0 radical (unpaired) electrons. The molecule has 0 aliphatic carbocycles. The van der Waals surface area contributed by atoms with Gasteiger partial charge in [-0.15, -0.1) is 11.3 Å². The summed E-state index contributed by atoms with van der Waals surface area (Å²) in [6.45, 7) is 6.70. The first-order chi connectivity index (χ1) is 10.5. The predicted octanol–water partition coefficient (Wildman–Crippen LogP) is 2.81. The second-order valence-electron chi connectivity index (χ2n) is 6.98. The van der Waals surface area contributed by atoms with Gasteiger partial charge in [0.15, 0.2) is 0 Å². The zero-order chi connectivity index (χ0) is 15.8. The summed E-state index contributed by atoms with van der Waals surface area (Å²) in [4.78, 5) is 16.1. The SMILES string of the molecule is COCC(C)(C)C(=O)N1CCC2(CC1)OCCc1ccsc12. The van der Waals surface area contributed by atoms with Gasteiger partial charge in [0.1, 0.15) is 5.60 Å². The smallest absolute Gasteiger partial charge is 0.230 e. The van der Waals surface area contributed by atoms with Gasteiger partial charge >= 0.3 is 0 Å². The van der Waals surface area contributed by atoms with E-state index in [4.69, 9.17) is 9.47 Å². The Morgan fingerprint density at radius 3 is 2.86 bits per heavy atom. The summed E-state index contributed by atoms with van der Waals surface area (Å²) in [5.74, 6) is 0.186. The Labute approximate surface area is 136 Å². The molecule has 122 valence electrons. The minimum atomic E-state index is -0.458. The fourth-order valence-corrected chi connectivity index (χ4v) is 4.82. The van der Waals surface area contributed by atoms with Crippen molar-refractivity contribution in [2.45, 2.75) is 38.7 Å². The summed E-state index contributed by atoms with van der Waals surface area (Å²) < 4.78 is 11.4. The van der Waals surface area contributed by atoms with E-state index in [1.807, 2.05) is 18.7 Å². The zero-order valence-corrected chi connectivity index (χ0v) is 14.5. The third kappa shape index (κ3) is 2.70. The lowest BCUT2D eigenvalue weighted by atomic mass is 9.84. The van der Waals surface area contributed by atoms with Crippen molar-refractivity contribution >= 4 is 17.2 Å². The summed E-state index contributed by atoms with van der Waals surface area (Å²) in [6.07, 6.45) is 2.81. The van der Waals surface area contributed by atoms with Crippen molar-refractivity contribution in [1.29, 1.82) is 0 Å². The average Bonchev–Trinajstić information content (AvgIpc) is 2.98. The van der Waals surface area contributed by atoms with E-state index in [2.05, 4.69) is 11.4 Å². The molecule has 0 aromatic carbocycles. The fraction of sp³-hybridized carbons (Fsp3) is 0.706. The van der Waals surface area contributed by atoms with E-state index >= 15 is 0 Å². The first-order valence-corrected chi connectivity index (χ1v) is 8.86. The largest absolute Gasteiger partial charge is 0.384 e. The maximum Gasteiger partial charge on any atom is 0.230 e. The number of carbonyl (C=O) groups is 1. The molecule has 0 bridgehead atoms. The van der Waals surface area contributed by atoms with E-state index in [-0.39, 0.29) is 11.5 Å². The molecule has 5 heteroatoms. The topological polar surface area (TPSA) is 38.8 Å². The minimum Gasteiger partial charge on any atom is -0.384 e. The van der Waals surface area contributed by atoms with Crippen LogP contribution in [0, 0.1) is 5.41 Å². The van der Waals surface area contributed by atoms with E-state index in [1.165, 1.54) is 10.4 Å². The van der Waals surface area contributed by atoms with Crippen LogP contribution in [0.2, 0.25) is 0 Å². The maximum absolute atomic E-state index is 12.7. The summed E-state index contributed by atoms with van der Waals surface area (Å²) in [7, 11) is 1.65. The van der Waals surface area contributed by atoms with Crippen molar-refractivity contribution in [1.82, 2.24) is 4.90 Å². The van der Waals surface area contributed by atoms with Crippen LogP contribution >= 0.6 is 11.3 Å². The number of amides is 1. The van der Waals surface area contributed by atoms with Crippen molar-refractivity contribution in [3.8, 4) is 0 Å². The molecule has 1 spiro atoms. The molecule has 22 heavy (non-hydrogen) atoms. The van der Waals surface area contributed by atoms with Gasteiger partial charge < -0.3 is 14.4 Å². The molecule has 0 atom stereocenters. The number of carbonyl (C=O) groups excluding carboxylic acids is 1. The lowest BCUT2D eigenvalue weighted by Gasteiger charge is -2.45. The summed E-state index contributed by atoms with van der Waals surface area (Å²) in [5.41, 5.74) is 0.834. The second kappa shape index (κ2) is 5.95. The highest BCUT2D eigenvalue weighted by atomic mass is 32.1. The summed E-state index contributed by atoms with van der Waals surface area (Å²) >= 11 is 1.81. The monoisotopic (exact) mass is 323 g/mol. The molecule has 0 unspecified atom stereocenters. The van der Waals surface area contributed by atoms with Crippen LogP contribution in [0.4, 0.5) is 0 Å². The molecule has 0 N–H and O–H groups in total. The van der Waals surface area contributed by atoms with Crippen LogP contribution in [-0.2, 0) is 26.3 Å². The van der Waals surface area contributed by atoms with E-state index < -0.39 is 5.41 Å². The van der Waals surface area contributed by atoms with Crippen molar-refractivity contribution in [2.75, 3.05) is 33.4 Å². The Morgan fingerprint density at radius 2 is 2.18 bits per heavy atom. The fourth-order valence-electron chi connectivity index (χ4n) is 3.65. The molecule has 1 fully saturated rings. The first-order valence-electron chi connectivity index (χ1n) is 7.98. The third-order valence-corrected chi connectivity index (χ3v) is 5.99. The number of rotatable bonds is 3. The molecule has 0 saturated carbocycles. The molecule has 3 rings (SSSR count). The molecule has 1 aromatic heterocycles. The molecular formula is C17H25NO3S. The average molecular weight is 323 g/mol. The van der Waals surface area contributed by atoms with Crippen molar-refractivity contribution < 1.29 is 14.3 Å². The van der Waals surface area contributed by atoms with Gasteiger partial charge in [0.25, 0.3) is 0 Å². The number of hydrogen-bond donors (Lipinski definition) is 0. The molecular weight excluding hydrogens is 298 g/mol. The molecule has 4 nitrogen and oxygen atoms in total. The van der Waals surface area contributed by atoms with Crippen LogP contribution in [0.1, 0.15) is 37.1 Å². The van der Waals surface area contributed by atoms with E-state index in [0.29, 0.717) is 6.61 Å². The molecule has 2 aliphatic rings. The van der Waals surface area contributed by atoms with E-state index in [1.54, 1.807) is 18.4 Å². The maximum atomic E-state index is 12.7. The molecule has 1 saturated heterocycles. The Hall–Kier alpha value is -0.910. The van der Waals surface area contributed by atoms with Gasteiger partial charge in [0.2, 0.25) is 5.91 Å². The highest BCUT2D eigenvalue weighted by Crippen LogP contribution is 2.44. The Bertz CT molecular complexity index is 544. The summed E-state index contributed by atoms with van der Waals surface area (Å²) in [5, 5.41) is 2.17. The van der Waals surface area contributed by atoms with Crippen LogP contribution in [-0.4, -0.2) is 44.2 Å². The van der Waals surface area contributed by atoms with Crippen LogP contribution < -0.4 is 0 Å². The number of thiophene rings is 1. The van der Waals surface area contributed by atoms with Gasteiger partial charge in [-0.05, 0) is 50.1 Å². The lowest BCUT2D eigenvalue weighted by Crippen LogP contribution is -2.51. The number of methoxy groups -OCH3 is 1. The van der Waals surface area contributed by atoms with Gasteiger partial charge in [0.05, 0.1) is 18.6 Å². The van der Waals surface area contributed by atoms with Crippen molar-refractivity contribution in [3.05, 3.63) is 21.9 Å². The van der Waals surface area contributed by atoms with Gasteiger partial charge in [-0.1, -0.05) is 0 Å². The van der Waals surface area contributed by atoms with Crippen LogP contribution in [0.5, 0.6) is 0 Å². The minimum absolute atomic E-state index is 0.149. The standard InChI is InChI=1S/C17H25NO3S/c1-16(2,12-20-3)15(19)18-8-6-17(7-9-18)14-13(4-10-21-17)5-11-22-14/h5,11H,4,6-10,12H2,1-3H3. The number of hydrogen-bond acceptors (Lipinski definition) is 4. The van der Waals surface area contributed by atoms with Crippen LogP contribution in [0.15, 0.2) is 11.4 Å². The van der Waals surface area contributed by atoms with Gasteiger partial charge in [-0.2, -0.15) is 0 Å². The normalized spacial score (nSPS) is 21.0. The number of ether oxygens (including phenoxy) is 2. The highest BCUT2D eigenvalue weighted by Gasteiger charge is 2.44. The molecule has 3 heterocycles. The van der Waals surface area contributed by atoms with Gasteiger partial charge in [0, 0.05) is 25.1 Å². The quantitative estimate of drug-likeness (QED) is 0.858. The van der Waals surface area contributed by atoms with Crippen LogP contribution in [0.25, 0.3) is 0 Å². The Balaban J connectivity index is 1.70. The molecule has 1 amide bonds. The van der Waals surface area contributed by atoms with Crippen molar-refractivity contribution in [2.24, 2.45) is 5.41 Å². The van der Waals surface area contributed by atoms with Crippen molar-refractivity contribution in [3.63, 3.8) is 0 Å². The number of fused-ring (bicyclic) bond motifs is 2. The predicted molar refractivity (Wildman–Crippen MR) is 87.1 cm³/mol. The van der Waals surface area contributed by atoms with Gasteiger partial charge in [-0.3, -0.25) is 4.79 Å². The third-order valence-electron chi connectivity index (χ3n) is 4.85. The zero-order valence-electron chi connectivity index (χ0n) is 13.7. The second-order valence-corrected chi connectivity index (χ2v) is 7.89.